The topological polar surface area (TPSA) is 68.6 Å². The third kappa shape index (κ3) is 6.10. The lowest BCUT2D eigenvalue weighted by molar-refractivity contribution is 0.364. The van der Waals surface area contributed by atoms with E-state index < -0.39 is 0 Å². The van der Waals surface area contributed by atoms with E-state index in [9.17, 15) is 0 Å². The van der Waals surface area contributed by atoms with E-state index in [1.54, 1.807) is 20.3 Å². The van der Waals surface area contributed by atoms with Crippen molar-refractivity contribution in [3.8, 4) is 11.8 Å². The van der Waals surface area contributed by atoms with Gasteiger partial charge in [0.15, 0.2) is 5.16 Å². The third-order valence-corrected chi connectivity index (χ3v) is 4.78. The smallest absolute Gasteiger partial charge is 0.220 e. The number of nitrogens with zero attached hydrogens (tertiary/aromatic N) is 3. The molecule has 1 aromatic heterocycles. The number of nitrogens with one attached hydrogen (secondary N) is 1. The lowest BCUT2D eigenvalue weighted by Gasteiger charge is -2.15. The van der Waals surface area contributed by atoms with Crippen molar-refractivity contribution in [2.24, 2.45) is 11.0 Å². The number of benzene rings is 1. The molecule has 0 aliphatic rings. The van der Waals surface area contributed by atoms with Crippen molar-refractivity contribution in [1.29, 1.82) is 0 Å². The van der Waals surface area contributed by atoms with Gasteiger partial charge >= 0.3 is 0 Å². The minimum atomic E-state index is 0.0727. The van der Waals surface area contributed by atoms with E-state index in [0.29, 0.717) is 27.9 Å². The number of hydrazone groups is 1. The van der Waals surface area contributed by atoms with Crippen LogP contribution in [-0.2, 0) is 0 Å². The van der Waals surface area contributed by atoms with Crippen molar-refractivity contribution in [3.63, 3.8) is 0 Å². The second-order valence-electron chi connectivity index (χ2n) is 5.46. The van der Waals surface area contributed by atoms with Gasteiger partial charge in [-0.2, -0.15) is 15.1 Å². The Bertz CT molecular complexity index is 705. The highest BCUT2D eigenvalue weighted by Gasteiger charge is 2.16. The molecular formula is C17H21ClN4O2S. The molecule has 0 radical (unpaired) electrons. The number of aromatic nitrogens is 2. The zero-order valence-electron chi connectivity index (χ0n) is 14.6. The Hall–Kier alpha value is -1.99. The standard InChI is InChI=1S/C17H21ClN4O2S/c1-11(2)14(10-19-22-13-7-5-6-12(18)8-13)25-17-20-15(23-3)9-16(21-17)24-4/h5-11,14,22H,1-4H3. The molecule has 0 aliphatic carbocycles. The van der Waals surface area contributed by atoms with Crippen LogP contribution in [0.3, 0.4) is 0 Å². The molecular weight excluding hydrogens is 360 g/mol. The van der Waals surface area contributed by atoms with E-state index >= 15 is 0 Å². The van der Waals surface area contributed by atoms with E-state index in [1.165, 1.54) is 11.8 Å². The Morgan fingerprint density at radius 1 is 1.16 bits per heavy atom. The van der Waals surface area contributed by atoms with Crippen molar-refractivity contribution in [1.82, 2.24) is 9.97 Å². The molecule has 8 heteroatoms. The highest BCUT2D eigenvalue weighted by Crippen LogP contribution is 2.28. The van der Waals surface area contributed by atoms with E-state index in [0.717, 1.165) is 5.69 Å². The van der Waals surface area contributed by atoms with E-state index in [2.05, 4.69) is 34.3 Å². The van der Waals surface area contributed by atoms with Crippen LogP contribution in [0.2, 0.25) is 5.02 Å². The summed E-state index contributed by atoms with van der Waals surface area (Å²) in [6, 6.07) is 9.04. The zero-order valence-corrected chi connectivity index (χ0v) is 16.1. The highest BCUT2D eigenvalue weighted by atomic mass is 35.5. The Labute approximate surface area is 157 Å². The maximum Gasteiger partial charge on any atom is 0.220 e. The molecule has 2 rings (SSSR count). The molecule has 2 aromatic rings. The van der Waals surface area contributed by atoms with Crippen LogP contribution in [0.4, 0.5) is 5.69 Å². The molecule has 1 heterocycles. The molecule has 6 nitrogen and oxygen atoms in total. The summed E-state index contributed by atoms with van der Waals surface area (Å²) in [6.07, 6.45) is 1.84. The molecule has 0 fully saturated rings. The lowest BCUT2D eigenvalue weighted by atomic mass is 10.1. The number of methoxy groups -OCH3 is 2. The molecule has 134 valence electrons. The summed E-state index contributed by atoms with van der Waals surface area (Å²) in [5, 5.41) is 5.62. The first-order valence-electron chi connectivity index (χ1n) is 7.70. The minimum Gasteiger partial charge on any atom is -0.481 e. The fraction of sp³-hybridized carbons (Fsp3) is 0.353. The zero-order chi connectivity index (χ0) is 18.2. The molecule has 1 unspecified atom stereocenters. The number of halogens is 1. The van der Waals surface area contributed by atoms with Crippen molar-refractivity contribution in [2.75, 3.05) is 19.6 Å². The Balaban J connectivity index is 2.09. The van der Waals surface area contributed by atoms with Gasteiger partial charge in [0.05, 0.1) is 31.2 Å². The van der Waals surface area contributed by atoms with E-state index in [4.69, 9.17) is 21.1 Å². The quantitative estimate of drug-likeness (QED) is 0.317. The average molecular weight is 381 g/mol. The maximum absolute atomic E-state index is 5.96. The number of thioether (sulfide) groups is 1. The molecule has 1 N–H and O–H groups in total. The monoisotopic (exact) mass is 380 g/mol. The SMILES string of the molecule is COc1cc(OC)nc(SC(C=NNc2cccc(Cl)c2)C(C)C)n1. The average Bonchev–Trinajstić information content (AvgIpc) is 2.60. The Morgan fingerprint density at radius 3 is 2.40 bits per heavy atom. The first kappa shape index (κ1) is 19.3. The van der Waals surface area contributed by atoms with E-state index in [1.807, 2.05) is 30.5 Å². The van der Waals surface area contributed by atoms with Gasteiger partial charge in [0, 0.05) is 11.2 Å². The summed E-state index contributed by atoms with van der Waals surface area (Å²) < 4.78 is 10.4. The molecule has 0 bridgehead atoms. The molecule has 25 heavy (non-hydrogen) atoms. The van der Waals surface area contributed by atoms with Gasteiger partial charge in [-0.3, -0.25) is 5.43 Å². The number of hydrogen-bond donors (Lipinski definition) is 1. The second-order valence-corrected chi connectivity index (χ2v) is 7.04. The van der Waals surface area contributed by atoms with E-state index in [-0.39, 0.29) is 5.25 Å². The normalized spacial score (nSPS) is 12.4. The van der Waals surface area contributed by atoms with Gasteiger partial charge in [-0.1, -0.05) is 43.3 Å². The van der Waals surface area contributed by atoms with Crippen molar-refractivity contribution >= 4 is 35.3 Å². The predicted octanol–water partition coefficient (Wildman–Crippen LogP) is 4.36. The van der Waals surface area contributed by atoms with Gasteiger partial charge in [0.25, 0.3) is 0 Å². The van der Waals surface area contributed by atoms with Gasteiger partial charge in [0.2, 0.25) is 11.8 Å². The van der Waals surface area contributed by atoms with Gasteiger partial charge in [-0.25, -0.2) is 0 Å². The van der Waals surface area contributed by atoms with Crippen LogP contribution < -0.4 is 14.9 Å². The number of ether oxygens (including phenoxy) is 2. The van der Waals surface area contributed by atoms with Crippen LogP contribution in [0.5, 0.6) is 11.8 Å². The first-order chi connectivity index (χ1) is 12.0. The number of hydrogen-bond acceptors (Lipinski definition) is 7. The van der Waals surface area contributed by atoms with Crippen molar-refractivity contribution in [3.05, 3.63) is 35.4 Å². The molecule has 0 amide bonds. The third-order valence-electron chi connectivity index (χ3n) is 3.22. The summed E-state index contributed by atoms with van der Waals surface area (Å²) in [4.78, 5) is 8.70. The number of anilines is 1. The fourth-order valence-corrected chi connectivity index (χ4v) is 2.96. The van der Waals surface area contributed by atoms with Crippen LogP contribution in [-0.4, -0.2) is 35.7 Å². The molecule has 0 saturated heterocycles. The summed E-state index contributed by atoms with van der Waals surface area (Å²) in [5.74, 6) is 1.26. The summed E-state index contributed by atoms with van der Waals surface area (Å²) >= 11 is 7.46. The molecule has 0 saturated carbocycles. The van der Waals surface area contributed by atoms with Crippen LogP contribution in [0.25, 0.3) is 0 Å². The summed E-state index contributed by atoms with van der Waals surface area (Å²) in [5.41, 5.74) is 3.81. The van der Waals surface area contributed by atoms with Crippen LogP contribution in [0, 0.1) is 5.92 Å². The highest BCUT2D eigenvalue weighted by molar-refractivity contribution is 8.00. The van der Waals surface area contributed by atoms with Gasteiger partial charge in [-0.15, -0.1) is 0 Å². The second kappa shape index (κ2) is 9.48. The Morgan fingerprint density at radius 2 is 1.84 bits per heavy atom. The maximum atomic E-state index is 5.96. The molecule has 1 aromatic carbocycles. The van der Waals surface area contributed by atoms with Gasteiger partial charge in [0.1, 0.15) is 0 Å². The summed E-state index contributed by atoms with van der Waals surface area (Å²) in [7, 11) is 3.12. The van der Waals surface area contributed by atoms with Gasteiger partial charge < -0.3 is 9.47 Å². The molecule has 0 spiro atoms. The van der Waals surface area contributed by atoms with Crippen molar-refractivity contribution in [2.45, 2.75) is 24.3 Å². The minimum absolute atomic E-state index is 0.0727. The van der Waals surface area contributed by atoms with Crippen molar-refractivity contribution < 1.29 is 9.47 Å². The number of rotatable bonds is 8. The first-order valence-corrected chi connectivity index (χ1v) is 8.96. The van der Waals surface area contributed by atoms with Crippen LogP contribution in [0.1, 0.15) is 13.8 Å². The fourth-order valence-electron chi connectivity index (χ4n) is 1.85. The Kier molecular flexibility index (Phi) is 7.33. The lowest BCUT2D eigenvalue weighted by Crippen LogP contribution is -2.14. The molecule has 0 aliphatic heterocycles. The molecule has 1 atom stereocenters. The van der Waals surface area contributed by atoms with Crippen LogP contribution in [0.15, 0.2) is 40.6 Å². The predicted molar refractivity (Wildman–Crippen MR) is 103 cm³/mol. The van der Waals surface area contributed by atoms with Gasteiger partial charge in [-0.05, 0) is 24.1 Å². The van der Waals surface area contributed by atoms with Crippen LogP contribution >= 0.6 is 23.4 Å². The summed E-state index contributed by atoms with van der Waals surface area (Å²) in [6.45, 7) is 4.22. The largest absolute Gasteiger partial charge is 0.481 e.